The van der Waals surface area contributed by atoms with Gasteiger partial charge in [-0.15, -0.1) is 0 Å². The van der Waals surface area contributed by atoms with Crippen LogP contribution < -0.4 is 16.6 Å². The Balaban J connectivity index is 2.28. The Morgan fingerprint density at radius 1 is 1.24 bits per heavy atom. The van der Waals surface area contributed by atoms with Crippen molar-refractivity contribution in [2.45, 2.75) is 0 Å². The maximum Gasteiger partial charge on any atom is 0.239 e. The smallest absolute Gasteiger partial charge is 0.239 e. The normalized spacial score (nSPS) is 9.41. The highest BCUT2D eigenvalue weighted by Gasteiger charge is 2.02. The number of hydrogen-bond donors (Lipinski definition) is 3. The minimum absolute atomic E-state index is 0.310. The van der Waals surface area contributed by atoms with Gasteiger partial charge in [0.2, 0.25) is 5.95 Å². The van der Waals surface area contributed by atoms with Gasteiger partial charge in [-0.1, -0.05) is 12.1 Å². The van der Waals surface area contributed by atoms with Gasteiger partial charge < -0.3 is 5.32 Å². The topological polar surface area (TPSA) is 99.7 Å². The van der Waals surface area contributed by atoms with E-state index in [1.165, 1.54) is 0 Å². The van der Waals surface area contributed by atoms with Gasteiger partial charge >= 0.3 is 0 Å². The Morgan fingerprint density at radius 3 is 2.82 bits per heavy atom. The summed E-state index contributed by atoms with van der Waals surface area (Å²) in [5.41, 5.74) is 3.60. The van der Waals surface area contributed by atoms with Gasteiger partial charge in [0.05, 0.1) is 11.3 Å². The Bertz CT molecular complexity index is 560. The first kappa shape index (κ1) is 10.9. The van der Waals surface area contributed by atoms with Crippen molar-refractivity contribution < 1.29 is 0 Å². The van der Waals surface area contributed by atoms with Crippen LogP contribution in [-0.2, 0) is 0 Å². The summed E-state index contributed by atoms with van der Waals surface area (Å²) in [6, 6.07) is 11.0. The van der Waals surface area contributed by atoms with Crippen molar-refractivity contribution in [1.82, 2.24) is 9.97 Å². The van der Waals surface area contributed by atoms with Crippen LogP contribution in [0.2, 0.25) is 0 Å². The Morgan fingerprint density at radius 2 is 2.06 bits per heavy atom. The molecule has 1 heterocycles. The molecule has 0 radical (unpaired) electrons. The van der Waals surface area contributed by atoms with Crippen molar-refractivity contribution in [3.8, 4) is 6.07 Å². The molecule has 0 spiro atoms. The fraction of sp³-hybridized carbons (Fsp3) is 0. The number of nitrogens with one attached hydrogen (secondary N) is 2. The Hall–Kier alpha value is -2.65. The van der Waals surface area contributed by atoms with E-state index in [1.54, 1.807) is 30.5 Å². The molecule has 0 aliphatic carbocycles. The minimum Gasteiger partial charge on any atom is -0.339 e. The van der Waals surface area contributed by atoms with E-state index in [-0.39, 0.29) is 0 Å². The zero-order valence-electron chi connectivity index (χ0n) is 8.88. The molecule has 17 heavy (non-hydrogen) atoms. The van der Waals surface area contributed by atoms with Crippen LogP contribution in [0, 0.1) is 11.3 Å². The number of nitrogens with two attached hydrogens (primary N) is 1. The van der Waals surface area contributed by atoms with Gasteiger partial charge in [-0.05, 0) is 18.2 Å². The standard InChI is InChI=1S/C11H10N6/c12-7-8-3-1-2-4-9(8)15-10-5-6-14-11(16-10)17-13/h1-6H,13H2,(H2,14,15,16,17). The highest BCUT2D eigenvalue weighted by molar-refractivity contribution is 5.64. The third kappa shape index (κ3) is 2.48. The van der Waals surface area contributed by atoms with Crippen molar-refractivity contribution in [1.29, 1.82) is 5.26 Å². The molecule has 6 nitrogen and oxygen atoms in total. The molecular weight excluding hydrogens is 216 g/mol. The molecule has 0 saturated carbocycles. The van der Waals surface area contributed by atoms with Crippen molar-refractivity contribution in [2.24, 2.45) is 5.84 Å². The molecule has 0 atom stereocenters. The molecular formula is C11H10N6. The molecule has 0 amide bonds. The van der Waals surface area contributed by atoms with Crippen molar-refractivity contribution in [3.63, 3.8) is 0 Å². The molecule has 1 aromatic carbocycles. The summed E-state index contributed by atoms with van der Waals surface area (Å²) in [4.78, 5) is 7.98. The number of rotatable bonds is 3. The first-order valence-electron chi connectivity index (χ1n) is 4.89. The van der Waals surface area contributed by atoms with E-state index in [9.17, 15) is 0 Å². The van der Waals surface area contributed by atoms with Gasteiger partial charge in [0.15, 0.2) is 0 Å². The molecule has 4 N–H and O–H groups in total. The van der Waals surface area contributed by atoms with Crippen molar-refractivity contribution in [3.05, 3.63) is 42.1 Å². The SMILES string of the molecule is N#Cc1ccccc1Nc1ccnc(NN)n1. The lowest BCUT2D eigenvalue weighted by Gasteiger charge is -2.07. The molecule has 2 aromatic rings. The van der Waals surface area contributed by atoms with Crippen LogP contribution in [0.3, 0.4) is 0 Å². The van der Waals surface area contributed by atoms with E-state index < -0.39 is 0 Å². The second-order valence-corrected chi connectivity index (χ2v) is 3.19. The molecule has 0 saturated heterocycles. The number of nitriles is 1. The van der Waals surface area contributed by atoms with Gasteiger partial charge in [-0.25, -0.2) is 10.8 Å². The molecule has 84 valence electrons. The molecule has 2 rings (SSSR count). The number of anilines is 3. The van der Waals surface area contributed by atoms with Crippen LogP contribution in [-0.4, -0.2) is 9.97 Å². The number of hydrazine groups is 1. The summed E-state index contributed by atoms with van der Waals surface area (Å²) in [5, 5.41) is 12.0. The van der Waals surface area contributed by atoms with Gasteiger partial charge in [-0.3, -0.25) is 5.43 Å². The van der Waals surface area contributed by atoms with Crippen LogP contribution in [0.1, 0.15) is 5.56 Å². The average Bonchev–Trinajstić information content (AvgIpc) is 2.39. The van der Waals surface area contributed by atoms with E-state index in [0.29, 0.717) is 23.0 Å². The third-order valence-corrected chi connectivity index (χ3v) is 2.09. The lowest BCUT2D eigenvalue weighted by atomic mass is 10.2. The Labute approximate surface area is 98.1 Å². The summed E-state index contributed by atoms with van der Waals surface area (Å²) < 4.78 is 0. The molecule has 0 aliphatic heterocycles. The molecule has 0 unspecified atom stereocenters. The van der Waals surface area contributed by atoms with Crippen molar-refractivity contribution in [2.75, 3.05) is 10.7 Å². The maximum atomic E-state index is 8.94. The summed E-state index contributed by atoms with van der Waals surface area (Å²) in [7, 11) is 0. The first-order valence-corrected chi connectivity index (χ1v) is 4.89. The van der Waals surface area contributed by atoms with Crippen LogP contribution in [0.5, 0.6) is 0 Å². The van der Waals surface area contributed by atoms with E-state index >= 15 is 0 Å². The fourth-order valence-electron chi connectivity index (χ4n) is 1.33. The quantitative estimate of drug-likeness (QED) is 0.540. The second kappa shape index (κ2) is 4.92. The van der Waals surface area contributed by atoms with Gasteiger partial charge in [0, 0.05) is 6.20 Å². The zero-order valence-corrected chi connectivity index (χ0v) is 8.88. The first-order chi connectivity index (χ1) is 8.33. The van der Waals surface area contributed by atoms with Crippen LogP contribution >= 0.6 is 0 Å². The van der Waals surface area contributed by atoms with Gasteiger partial charge in [-0.2, -0.15) is 10.2 Å². The number of nitrogen functional groups attached to an aromatic ring is 1. The van der Waals surface area contributed by atoms with Crippen molar-refractivity contribution >= 4 is 17.5 Å². The molecule has 0 fully saturated rings. The zero-order chi connectivity index (χ0) is 12.1. The maximum absolute atomic E-state index is 8.94. The number of benzene rings is 1. The third-order valence-electron chi connectivity index (χ3n) is 2.09. The summed E-state index contributed by atoms with van der Waals surface area (Å²) in [6.07, 6.45) is 1.57. The molecule has 6 heteroatoms. The summed E-state index contributed by atoms with van der Waals surface area (Å²) >= 11 is 0. The van der Waals surface area contributed by atoms with Crippen LogP contribution in [0.4, 0.5) is 17.5 Å². The minimum atomic E-state index is 0.310. The predicted molar refractivity (Wildman–Crippen MR) is 64.3 cm³/mol. The van der Waals surface area contributed by atoms with E-state index in [0.717, 1.165) is 0 Å². The van der Waals surface area contributed by atoms with E-state index in [4.69, 9.17) is 11.1 Å². The highest BCUT2D eigenvalue weighted by Crippen LogP contribution is 2.18. The van der Waals surface area contributed by atoms with Crippen LogP contribution in [0.25, 0.3) is 0 Å². The summed E-state index contributed by atoms with van der Waals surface area (Å²) in [6.45, 7) is 0. The lowest BCUT2D eigenvalue weighted by Crippen LogP contribution is -2.10. The number of aromatic nitrogens is 2. The monoisotopic (exact) mass is 226 g/mol. The van der Waals surface area contributed by atoms with E-state index in [1.807, 2.05) is 6.07 Å². The fourth-order valence-corrected chi connectivity index (χ4v) is 1.33. The number of nitrogens with zero attached hydrogens (tertiary/aromatic N) is 3. The Kier molecular flexibility index (Phi) is 3.14. The lowest BCUT2D eigenvalue weighted by molar-refractivity contribution is 1.12. The summed E-state index contributed by atoms with van der Waals surface area (Å²) in [5.74, 6) is 6.09. The largest absolute Gasteiger partial charge is 0.339 e. The average molecular weight is 226 g/mol. The van der Waals surface area contributed by atoms with Gasteiger partial charge in [0.1, 0.15) is 11.9 Å². The molecule has 0 aliphatic rings. The number of hydrogen-bond acceptors (Lipinski definition) is 6. The van der Waals surface area contributed by atoms with Gasteiger partial charge in [0.25, 0.3) is 0 Å². The number of para-hydroxylation sites is 1. The highest BCUT2D eigenvalue weighted by atomic mass is 15.3. The van der Waals surface area contributed by atoms with Crippen LogP contribution in [0.15, 0.2) is 36.5 Å². The predicted octanol–water partition coefficient (Wildman–Crippen LogP) is 1.38. The molecule has 1 aromatic heterocycles. The molecule has 0 bridgehead atoms. The van der Waals surface area contributed by atoms with E-state index in [2.05, 4.69) is 26.8 Å². The second-order valence-electron chi connectivity index (χ2n) is 3.19.